The smallest absolute Gasteiger partial charge is 0.166 e. The third-order valence-electron chi connectivity index (χ3n) is 2.37. The van der Waals surface area contributed by atoms with Gasteiger partial charge in [-0.15, -0.1) is 5.10 Å². The highest BCUT2D eigenvalue weighted by atomic mass is 15.4. The van der Waals surface area contributed by atoms with Gasteiger partial charge in [0.05, 0.1) is 17.4 Å². The molecule has 2 heterocycles. The Morgan fingerprint density at radius 3 is 2.81 bits per heavy atom. The summed E-state index contributed by atoms with van der Waals surface area (Å²) >= 11 is 0. The Labute approximate surface area is 91.5 Å². The van der Waals surface area contributed by atoms with E-state index in [1.165, 1.54) is 0 Å². The van der Waals surface area contributed by atoms with Crippen molar-refractivity contribution in [2.45, 2.75) is 0 Å². The number of rotatable bonds is 1. The van der Waals surface area contributed by atoms with E-state index in [1.54, 1.807) is 17.1 Å². The molecule has 2 aromatic heterocycles. The van der Waals surface area contributed by atoms with Gasteiger partial charge in [-0.25, -0.2) is 4.68 Å². The molecule has 1 aromatic carbocycles. The second-order valence-electron chi connectivity index (χ2n) is 3.44. The molecule has 3 rings (SSSR count). The maximum Gasteiger partial charge on any atom is 0.166 e. The number of nitrogens with two attached hydrogens (primary N) is 1. The number of hydrogen-bond acceptors (Lipinski definition) is 4. The first-order valence-electron chi connectivity index (χ1n) is 4.86. The highest BCUT2D eigenvalue weighted by Gasteiger charge is 2.05. The summed E-state index contributed by atoms with van der Waals surface area (Å²) in [6, 6.07) is 9.81. The van der Waals surface area contributed by atoms with Gasteiger partial charge in [0.2, 0.25) is 0 Å². The van der Waals surface area contributed by atoms with Crippen LogP contribution in [-0.2, 0) is 0 Å². The number of nitrogen functional groups attached to an aromatic ring is 1. The third kappa shape index (κ3) is 1.30. The van der Waals surface area contributed by atoms with E-state index in [0.717, 1.165) is 16.6 Å². The van der Waals surface area contributed by atoms with Crippen molar-refractivity contribution in [1.82, 2.24) is 20.0 Å². The molecule has 0 radical (unpaired) electrons. The number of anilines is 1. The maximum atomic E-state index is 5.55. The number of aromatic nitrogens is 4. The first kappa shape index (κ1) is 8.84. The minimum Gasteiger partial charge on any atom is -0.381 e. The Morgan fingerprint density at radius 2 is 2.00 bits per heavy atom. The molecule has 0 spiro atoms. The second-order valence-corrected chi connectivity index (χ2v) is 3.44. The molecule has 0 bridgehead atoms. The topological polar surface area (TPSA) is 69.6 Å². The zero-order valence-electron chi connectivity index (χ0n) is 8.41. The summed E-state index contributed by atoms with van der Waals surface area (Å²) in [5.41, 5.74) is 7.31. The quantitative estimate of drug-likeness (QED) is 0.660. The van der Waals surface area contributed by atoms with Gasteiger partial charge in [0.15, 0.2) is 5.82 Å². The molecule has 0 aliphatic heterocycles. The summed E-state index contributed by atoms with van der Waals surface area (Å²) < 4.78 is 1.63. The molecule has 78 valence electrons. The average Bonchev–Trinajstić information content (AvgIpc) is 2.75. The minimum atomic E-state index is 0.396. The van der Waals surface area contributed by atoms with Crippen molar-refractivity contribution in [3.8, 4) is 5.69 Å². The fourth-order valence-corrected chi connectivity index (χ4v) is 1.67. The maximum absolute atomic E-state index is 5.55. The number of pyridine rings is 1. The lowest BCUT2D eigenvalue weighted by Crippen LogP contribution is -1.97. The molecule has 0 unspecified atom stereocenters. The van der Waals surface area contributed by atoms with Crippen molar-refractivity contribution in [2.24, 2.45) is 0 Å². The van der Waals surface area contributed by atoms with Gasteiger partial charge in [-0.2, -0.15) is 0 Å². The van der Waals surface area contributed by atoms with Crippen molar-refractivity contribution in [3.05, 3.63) is 42.7 Å². The van der Waals surface area contributed by atoms with E-state index in [9.17, 15) is 0 Å². The van der Waals surface area contributed by atoms with E-state index in [0.29, 0.717) is 5.82 Å². The second kappa shape index (κ2) is 3.30. The molecule has 3 aromatic rings. The summed E-state index contributed by atoms with van der Waals surface area (Å²) in [4.78, 5) is 4.34. The monoisotopic (exact) mass is 211 g/mol. The fraction of sp³-hybridized carbons (Fsp3) is 0. The molecule has 0 saturated heterocycles. The molecule has 0 atom stereocenters. The van der Waals surface area contributed by atoms with Crippen LogP contribution in [0.1, 0.15) is 0 Å². The highest BCUT2D eigenvalue weighted by Crippen LogP contribution is 2.19. The molecule has 5 heteroatoms. The molecule has 0 amide bonds. The van der Waals surface area contributed by atoms with Gasteiger partial charge < -0.3 is 5.73 Å². The van der Waals surface area contributed by atoms with Gasteiger partial charge in [-0.3, -0.25) is 4.98 Å². The van der Waals surface area contributed by atoms with Crippen LogP contribution in [0.3, 0.4) is 0 Å². The normalized spacial score (nSPS) is 10.8. The van der Waals surface area contributed by atoms with Crippen molar-refractivity contribution in [1.29, 1.82) is 0 Å². The van der Waals surface area contributed by atoms with Crippen LogP contribution < -0.4 is 5.73 Å². The summed E-state index contributed by atoms with van der Waals surface area (Å²) in [6.07, 6.45) is 3.43. The number of fused-ring (bicyclic) bond motifs is 1. The van der Waals surface area contributed by atoms with Crippen molar-refractivity contribution in [2.75, 3.05) is 5.73 Å². The van der Waals surface area contributed by atoms with E-state index in [1.807, 2.05) is 30.3 Å². The predicted octanol–water partition coefficient (Wildman–Crippen LogP) is 1.40. The van der Waals surface area contributed by atoms with E-state index >= 15 is 0 Å². The van der Waals surface area contributed by atoms with Crippen LogP contribution in [0.4, 0.5) is 5.82 Å². The highest BCUT2D eigenvalue weighted by molar-refractivity contribution is 5.86. The van der Waals surface area contributed by atoms with Crippen molar-refractivity contribution in [3.63, 3.8) is 0 Å². The van der Waals surface area contributed by atoms with Crippen LogP contribution in [0, 0.1) is 0 Å². The summed E-state index contributed by atoms with van der Waals surface area (Å²) in [6.45, 7) is 0. The van der Waals surface area contributed by atoms with Crippen LogP contribution in [0.15, 0.2) is 42.7 Å². The molecular formula is C11H9N5. The van der Waals surface area contributed by atoms with Gasteiger partial charge in [-0.1, -0.05) is 23.4 Å². The van der Waals surface area contributed by atoms with Crippen LogP contribution in [-0.4, -0.2) is 20.0 Å². The van der Waals surface area contributed by atoms with Crippen LogP contribution in [0.25, 0.3) is 16.6 Å². The Hall–Kier alpha value is -2.43. The van der Waals surface area contributed by atoms with Gasteiger partial charge in [-0.05, 0) is 12.1 Å². The number of nitrogens with zero attached hydrogens (tertiary/aromatic N) is 4. The van der Waals surface area contributed by atoms with E-state index in [2.05, 4.69) is 15.3 Å². The van der Waals surface area contributed by atoms with Crippen LogP contribution in [0.5, 0.6) is 0 Å². The summed E-state index contributed by atoms with van der Waals surface area (Å²) in [5, 5.41) is 8.76. The largest absolute Gasteiger partial charge is 0.381 e. The SMILES string of the molecule is Nc1cn(-c2cccc3cccnc23)nn1. The minimum absolute atomic E-state index is 0.396. The zero-order valence-corrected chi connectivity index (χ0v) is 8.41. The number of hydrogen-bond donors (Lipinski definition) is 1. The molecule has 5 nitrogen and oxygen atoms in total. The number of benzene rings is 1. The van der Waals surface area contributed by atoms with E-state index in [-0.39, 0.29) is 0 Å². The van der Waals surface area contributed by atoms with Gasteiger partial charge >= 0.3 is 0 Å². The summed E-state index contributed by atoms with van der Waals surface area (Å²) in [7, 11) is 0. The molecular weight excluding hydrogens is 202 g/mol. The van der Waals surface area contributed by atoms with Crippen LogP contribution in [0.2, 0.25) is 0 Å². The molecule has 0 saturated carbocycles. The standard InChI is InChI=1S/C11H9N5/c12-10-7-16(15-14-10)9-5-1-3-8-4-2-6-13-11(8)9/h1-7H,12H2. The molecule has 0 aliphatic carbocycles. The Balaban J connectivity index is 2.31. The Morgan fingerprint density at radius 1 is 1.12 bits per heavy atom. The van der Waals surface area contributed by atoms with E-state index < -0.39 is 0 Å². The predicted molar refractivity (Wildman–Crippen MR) is 61.1 cm³/mol. The fourth-order valence-electron chi connectivity index (χ4n) is 1.67. The molecule has 2 N–H and O–H groups in total. The number of para-hydroxylation sites is 1. The lowest BCUT2D eigenvalue weighted by molar-refractivity contribution is 0.807. The third-order valence-corrected chi connectivity index (χ3v) is 2.37. The molecule has 0 fully saturated rings. The van der Waals surface area contributed by atoms with Gasteiger partial charge in [0.25, 0.3) is 0 Å². The van der Waals surface area contributed by atoms with E-state index in [4.69, 9.17) is 5.73 Å². The zero-order chi connectivity index (χ0) is 11.0. The summed E-state index contributed by atoms with van der Waals surface area (Å²) in [5.74, 6) is 0.396. The van der Waals surface area contributed by atoms with Crippen molar-refractivity contribution < 1.29 is 0 Å². The van der Waals surface area contributed by atoms with Gasteiger partial charge in [0, 0.05) is 11.6 Å². The average molecular weight is 211 g/mol. The van der Waals surface area contributed by atoms with Crippen molar-refractivity contribution >= 4 is 16.7 Å². The lowest BCUT2D eigenvalue weighted by atomic mass is 10.2. The first-order valence-corrected chi connectivity index (χ1v) is 4.86. The molecule has 0 aliphatic rings. The Kier molecular flexibility index (Phi) is 1.83. The molecule has 16 heavy (non-hydrogen) atoms. The Bertz CT molecular complexity index is 638. The van der Waals surface area contributed by atoms with Gasteiger partial charge in [0.1, 0.15) is 0 Å². The van der Waals surface area contributed by atoms with Crippen LogP contribution >= 0.6 is 0 Å². The first-order chi connectivity index (χ1) is 7.84. The lowest BCUT2D eigenvalue weighted by Gasteiger charge is -2.03.